The molecule has 1 fully saturated rings. The van der Waals surface area contributed by atoms with Gasteiger partial charge < -0.3 is 19.3 Å². The molecule has 1 aromatic rings. The summed E-state index contributed by atoms with van der Waals surface area (Å²) in [5.41, 5.74) is -0.532. The van der Waals surface area contributed by atoms with Crippen LogP contribution < -0.4 is 11.2 Å². The molecule has 3 atom stereocenters. The van der Waals surface area contributed by atoms with Gasteiger partial charge in [-0.3, -0.25) is 14.3 Å². The Labute approximate surface area is 134 Å². The summed E-state index contributed by atoms with van der Waals surface area (Å²) in [6.45, 7) is 2.14. The second kappa shape index (κ2) is 9.27. The Balaban J connectivity index is 0.00000127. The predicted octanol–water partition coefficient (Wildman–Crippen LogP) is -0.594. The average Bonchev–Trinajstić information content (AvgIpc) is 2.94. The van der Waals surface area contributed by atoms with E-state index in [9.17, 15) is 9.59 Å². The van der Waals surface area contributed by atoms with Crippen molar-refractivity contribution in [3.63, 3.8) is 0 Å². The minimum Gasteiger partial charge on any atom is -0.400 e. The number of hydrogen-bond donors (Lipinski definition) is 2. The molecule has 1 aromatic heterocycles. The van der Waals surface area contributed by atoms with Crippen LogP contribution in [-0.4, -0.2) is 54.3 Å². The molecule has 0 spiro atoms. The van der Waals surface area contributed by atoms with Gasteiger partial charge in [-0.25, -0.2) is 4.79 Å². The number of ether oxygens (including phenoxy) is 3. The van der Waals surface area contributed by atoms with Crippen LogP contribution in [0.3, 0.4) is 0 Å². The molecule has 0 bridgehead atoms. The quantitative estimate of drug-likeness (QED) is 0.701. The number of rotatable bonds is 5. The highest BCUT2D eigenvalue weighted by molar-refractivity contribution is 5.02. The largest absolute Gasteiger partial charge is 0.400 e. The molecule has 0 saturated carbocycles. The van der Waals surface area contributed by atoms with Gasteiger partial charge in [-0.15, -0.1) is 6.42 Å². The first-order chi connectivity index (χ1) is 11.1. The molecule has 1 unspecified atom stereocenters. The van der Waals surface area contributed by atoms with Crippen molar-refractivity contribution in [3.05, 3.63) is 32.6 Å². The van der Waals surface area contributed by atoms with Gasteiger partial charge in [-0.1, -0.05) is 5.92 Å². The molecule has 1 saturated heterocycles. The fourth-order valence-electron chi connectivity index (χ4n) is 2.33. The number of aromatic nitrogens is 2. The van der Waals surface area contributed by atoms with Gasteiger partial charge in [0.2, 0.25) is 0 Å². The number of nitrogens with zero attached hydrogens (tertiary/aromatic N) is 1. The molecule has 8 nitrogen and oxygen atoms in total. The van der Waals surface area contributed by atoms with E-state index in [0.717, 1.165) is 7.11 Å². The lowest BCUT2D eigenvalue weighted by Gasteiger charge is -2.20. The zero-order chi connectivity index (χ0) is 17.4. The summed E-state index contributed by atoms with van der Waals surface area (Å²) < 4.78 is 17.7. The summed E-state index contributed by atoms with van der Waals surface area (Å²) in [7, 11) is 2.57. The minimum atomic E-state index is -0.637. The summed E-state index contributed by atoms with van der Waals surface area (Å²) >= 11 is 0. The van der Waals surface area contributed by atoms with Crippen molar-refractivity contribution in [3.8, 4) is 12.3 Å². The van der Waals surface area contributed by atoms with Gasteiger partial charge in [0.1, 0.15) is 12.7 Å². The number of methoxy groups -OCH3 is 1. The first kappa shape index (κ1) is 19.1. The molecule has 8 heteroatoms. The highest BCUT2D eigenvalue weighted by atomic mass is 16.6. The fraction of sp³-hybridized carbons (Fsp3) is 0.600. The van der Waals surface area contributed by atoms with Crippen LogP contribution >= 0.6 is 0 Å². The van der Waals surface area contributed by atoms with Crippen molar-refractivity contribution in [2.24, 2.45) is 0 Å². The predicted molar refractivity (Wildman–Crippen MR) is 83.2 cm³/mol. The van der Waals surface area contributed by atoms with Gasteiger partial charge in [0.15, 0.2) is 6.23 Å². The Morgan fingerprint density at radius 3 is 2.83 bits per heavy atom. The lowest BCUT2D eigenvalue weighted by atomic mass is 10.2. The maximum Gasteiger partial charge on any atom is 0.330 e. The molecule has 128 valence electrons. The van der Waals surface area contributed by atoms with E-state index in [1.54, 1.807) is 14.0 Å². The maximum atomic E-state index is 12.0. The van der Waals surface area contributed by atoms with Crippen molar-refractivity contribution in [2.75, 3.05) is 27.4 Å². The van der Waals surface area contributed by atoms with Crippen molar-refractivity contribution < 1.29 is 19.3 Å². The van der Waals surface area contributed by atoms with Gasteiger partial charge in [-0.2, -0.15) is 0 Å². The van der Waals surface area contributed by atoms with E-state index in [4.69, 9.17) is 25.7 Å². The first-order valence-electron chi connectivity index (χ1n) is 7.03. The summed E-state index contributed by atoms with van der Waals surface area (Å²) in [5, 5.41) is 7.00. The fourth-order valence-corrected chi connectivity index (χ4v) is 2.33. The number of aryl methyl sites for hydroxylation is 1. The van der Waals surface area contributed by atoms with Crippen LogP contribution in [0.25, 0.3) is 0 Å². The van der Waals surface area contributed by atoms with Crippen LogP contribution in [0.5, 0.6) is 0 Å². The van der Waals surface area contributed by atoms with Gasteiger partial charge in [0.25, 0.3) is 5.56 Å². The molecule has 0 amide bonds. The monoisotopic (exact) mass is 326 g/mol. The van der Waals surface area contributed by atoms with Gasteiger partial charge in [-0.05, 0) is 6.92 Å². The lowest BCUT2D eigenvalue weighted by molar-refractivity contribution is -0.0710. The van der Waals surface area contributed by atoms with Crippen LogP contribution in [0.2, 0.25) is 0 Å². The Morgan fingerprint density at radius 2 is 2.22 bits per heavy atom. The zero-order valence-corrected chi connectivity index (χ0v) is 13.4. The van der Waals surface area contributed by atoms with Gasteiger partial charge in [0.05, 0.1) is 12.7 Å². The highest BCUT2D eigenvalue weighted by Gasteiger charge is 2.37. The highest BCUT2D eigenvalue weighted by Crippen LogP contribution is 2.30. The van der Waals surface area contributed by atoms with Crippen LogP contribution in [0.15, 0.2) is 15.8 Å². The number of aliphatic hydroxyl groups is 1. The van der Waals surface area contributed by atoms with Crippen molar-refractivity contribution in [1.82, 2.24) is 9.55 Å². The minimum absolute atomic E-state index is 0.126. The third kappa shape index (κ3) is 4.77. The summed E-state index contributed by atoms with van der Waals surface area (Å²) in [6, 6.07) is 0. The van der Waals surface area contributed by atoms with Crippen LogP contribution in [0.4, 0.5) is 0 Å². The SMILES string of the molecule is C#CCOC1C[C@@H](COC)O[C@H]1n1cc(C)c(=O)[nH]c1=O.CO. The molecular weight excluding hydrogens is 304 g/mol. The van der Waals surface area contributed by atoms with Gasteiger partial charge >= 0.3 is 5.69 Å². The average molecular weight is 326 g/mol. The number of nitrogens with one attached hydrogen (secondary N) is 1. The molecule has 0 radical (unpaired) electrons. The van der Waals surface area contributed by atoms with E-state index in [2.05, 4.69) is 10.9 Å². The molecule has 23 heavy (non-hydrogen) atoms. The van der Waals surface area contributed by atoms with Crippen molar-refractivity contribution in [2.45, 2.75) is 31.8 Å². The zero-order valence-electron chi connectivity index (χ0n) is 13.4. The molecule has 0 aromatic carbocycles. The Bertz CT molecular complexity index is 645. The second-order valence-electron chi connectivity index (χ2n) is 4.87. The topological polar surface area (TPSA) is 103 Å². The Kier molecular flexibility index (Phi) is 7.71. The normalized spacial score (nSPS) is 23.0. The number of H-pyrrole nitrogens is 1. The molecule has 2 rings (SSSR count). The van der Waals surface area contributed by atoms with E-state index < -0.39 is 17.5 Å². The second-order valence-corrected chi connectivity index (χ2v) is 4.87. The van der Waals surface area contributed by atoms with Crippen LogP contribution in [0, 0.1) is 19.3 Å². The van der Waals surface area contributed by atoms with E-state index in [0.29, 0.717) is 18.6 Å². The van der Waals surface area contributed by atoms with E-state index >= 15 is 0 Å². The molecule has 1 aliphatic rings. The molecule has 1 aliphatic heterocycles. The number of hydrogen-bond acceptors (Lipinski definition) is 6. The van der Waals surface area contributed by atoms with E-state index in [1.165, 1.54) is 10.8 Å². The molecular formula is C15H22N2O6. The maximum absolute atomic E-state index is 12.0. The summed E-state index contributed by atoms with van der Waals surface area (Å²) in [6.07, 6.45) is 6.03. The number of terminal acetylenes is 1. The standard InChI is InChI=1S/C14H18N2O5.CH4O/c1-4-5-20-11-6-10(8-19-3)21-13(11)16-7-9(2)12(17)15-14(16)18;1-2/h1,7,10-11,13H,5-6,8H2,2-3H3,(H,15,17,18);2H,1H3/t10-,11?,13+;/m0./s1. The van der Waals surface area contributed by atoms with Crippen LogP contribution in [0.1, 0.15) is 18.2 Å². The third-order valence-corrected chi connectivity index (χ3v) is 3.30. The number of aliphatic hydroxyl groups excluding tert-OH is 1. The van der Waals surface area contributed by atoms with E-state index in [1.807, 2.05) is 0 Å². The van der Waals surface area contributed by atoms with E-state index in [-0.39, 0.29) is 18.8 Å². The lowest BCUT2D eigenvalue weighted by Crippen LogP contribution is -2.37. The van der Waals surface area contributed by atoms with Crippen molar-refractivity contribution >= 4 is 0 Å². The molecule has 0 aliphatic carbocycles. The number of aromatic amines is 1. The molecule has 2 heterocycles. The van der Waals surface area contributed by atoms with Gasteiger partial charge in [0, 0.05) is 32.4 Å². The Morgan fingerprint density at radius 1 is 1.52 bits per heavy atom. The molecule has 2 N–H and O–H groups in total. The first-order valence-corrected chi connectivity index (χ1v) is 7.03. The third-order valence-electron chi connectivity index (χ3n) is 3.30. The van der Waals surface area contributed by atoms with Crippen LogP contribution in [-0.2, 0) is 14.2 Å². The van der Waals surface area contributed by atoms with Crippen molar-refractivity contribution in [1.29, 1.82) is 0 Å². The smallest absolute Gasteiger partial charge is 0.330 e. The summed E-state index contributed by atoms with van der Waals surface area (Å²) in [4.78, 5) is 25.7. The Hall–Kier alpha value is -1.92. The summed E-state index contributed by atoms with van der Waals surface area (Å²) in [5.74, 6) is 2.39.